The van der Waals surface area contributed by atoms with Crippen molar-refractivity contribution in [2.75, 3.05) is 11.9 Å². The number of ether oxygens (including phenoxy) is 2. The van der Waals surface area contributed by atoms with Gasteiger partial charge in [-0.1, -0.05) is 0 Å². The van der Waals surface area contributed by atoms with Gasteiger partial charge in [-0.15, -0.1) is 0 Å². The Hall–Kier alpha value is -3.40. The smallest absolute Gasteiger partial charge is 0.455 e. The van der Waals surface area contributed by atoms with E-state index in [2.05, 4.69) is 4.74 Å². The maximum Gasteiger partial charge on any atom is 0.455 e. The van der Waals surface area contributed by atoms with Gasteiger partial charge in [0, 0.05) is 6.07 Å². The number of halogens is 9. The van der Waals surface area contributed by atoms with Crippen molar-refractivity contribution in [3.63, 3.8) is 0 Å². The molecular formula is C17H14F9N3O5. The number of benzene rings is 1. The van der Waals surface area contributed by atoms with Gasteiger partial charge in [0.1, 0.15) is 11.6 Å². The Labute approximate surface area is 183 Å². The fourth-order valence-corrected chi connectivity index (χ4v) is 2.46. The third-order valence-corrected chi connectivity index (χ3v) is 4.18. The average molecular weight is 511 g/mol. The quantitative estimate of drug-likeness (QED) is 0.528. The van der Waals surface area contributed by atoms with Crippen molar-refractivity contribution in [3.05, 3.63) is 24.0 Å². The number of amides is 3. The molecule has 0 spiro atoms. The van der Waals surface area contributed by atoms with E-state index in [1.165, 1.54) is 0 Å². The van der Waals surface area contributed by atoms with Crippen LogP contribution in [0.3, 0.4) is 0 Å². The topological polar surface area (TPSA) is 106 Å². The van der Waals surface area contributed by atoms with Gasteiger partial charge in [-0.3, -0.25) is 9.59 Å². The number of carbonyl (C=O) groups excluding carboxylic acids is 3. The van der Waals surface area contributed by atoms with Gasteiger partial charge in [0.2, 0.25) is 6.10 Å². The molecule has 1 aliphatic rings. The number of hydrogen-bond donors (Lipinski definition) is 3. The molecule has 1 heterocycles. The minimum atomic E-state index is -6.00. The van der Waals surface area contributed by atoms with E-state index in [4.69, 9.17) is 4.74 Å². The number of alkyl halides is 8. The van der Waals surface area contributed by atoms with E-state index in [1.807, 2.05) is 5.32 Å². The molecule has 3 N–H and O–H groups in total. The number of hydrogen-bond acceptors (Lipinski definition) is 5. The number of anilines is 1. The highest BCUT2D eigenvalue weighted by molar-refractivity contribution is 6.00. The SMILES string of the molecule is C[C@H](OC(=O)NCC(F)(F)C(F)(F)F)C(=O)N[C@@H]1C(=O)Nc2cc(F)ccc2O[C@@H]1C(F)(F)F. The Kier molecular flexibility index (Phi) is 7.47. The molecule has 0 unspecified atom stereocenters. The van der Waals surface area contributed by atoms with Crippen molar-refractivity contribution in [1.82, 2.24) is 10.6 Å². The minimum absolute atomic E-state index is 0.481. The molecule has 0 radical (unpaired) electrons. The first-order valence-electron chi connectivity index (χ1n) is 8.95. The Bertz CT molecular complexity index is 952. The van der Waals surface area contributed by atoms with Crippen molar-refractivity contribution in [2.45, 2.75) is 43.4 Å². The Morgan fingerprint density at radius 2 is 1.76 bits per heavy atom. The van der Waals surface area contributed by atoms with Gasteiger partial charge in [0.25, 0.3) is 11.8 Å². The van der Waals surface area contributed by atoms with E-state index in [1.54, 1.807) is 5.32 Å². The summed E-state index contributed by atoms with van der Waals surface area (Å²) in [5.74, 6) is -9.91. The molecular weight excluding hydrogens is 497 g/mol. The highest BCUT2D eigenvalue weighted by atomic mass is 19.4. The molecule has 1 aromatic carbocycles. The minimum Gasteiger partial charge on any atom is -0.476 e. The lowest BCUT2D eigenvalue weighted by Crippen LogP contribution is -2.59. The molecule has 0 aromatic heterocycles. The van der Waals surface area contributed by atoms with E-state index in [0.717, 1.165) is 24.4 Å². The molecule has 3 atom stereocenters. The molecule has 190 valence electrons. The molecule has 17 heteroatoms. The van der Waals surface area contributed by atoms with Crippen LogP contribution in [-0.4, -0.2) is 61.0 Å². The first-order chi connectivity index (χ1) is 15.4. The van der Waals surface area contributed by atoms with Crippen LogP contribution < -0.4 is 20.7 Å². The van der Waals surface area contributed by atoms with Crippen LogP contribution in [0, 0.1) is 5.82 Å². The number of fused-ring (bicyclic) bond motifs is 1. The Balaban J connectivity index is 2.10. The van der Waals surface area contributed by atoms with Crippen LogP contribution in [0.5, 0.6) is 5.75 Å². The van der Waals surface area contributed by atoms with Crippen LogP contribution in [0.4, 0.5) is 50.0 Å². The predicted molar refractivity (Wildman–Crippen MR) is 92.4 cm³/mol. The second-order valence-corrected chi connectivity index (χ2v) is 6.80. The molecule has 2 rings (SSSR count). The van der Waals surface area contributed by atoms with Gasteiger partial charge in [-0.25, -0.2) is 9.18 Å². The standard InChI is InChI=1S/C17H14F9N3O5/c1-6(33-14(32)27-5-15(19,20)17(24,25)26)12(30)29-10-11(16(21,22)23)34-9-3-2-7(18)4-8(9)28-13(10)31/h2-4,6,10-11H,5H2,1H3,(H,27,32)(H,28,31)(H,29,30)/t6-,10-,11-/m0/s1. The molecule has 34 heavy (non-hydrogen) atoms. The van der Waals surface area contributed by atoms with Gasteiger partial charge in [-0.05, 0) is 19.1 Å². The van der Waals surface area contributed by atoms with Crippen molar-refractivity contribution in [2.24, 2.45) is 0 Å². The average Bonchev–Trinajstić information content (AvgIpc) is 2.81. The fraction of sp³-hybridized carbons (Fsp3) is 0.471. The summed E-state index contributed by atoms with van der Waals surface area (Å²) in [5.41, 5.74) is -0.481. The second-order valence-electron chi connectivity index (χ2n) is 6.80. The molecule has 1 aliphatic heterocycles. The number of alkyl carbamates (subject to hydrolysis) is 1. The summed E-state index contributed by atoms with van der Waals surface area (Å²) >= 11 is 0. The molecule has 1 aromatic rings. The summed E-state index contributed by atoms with van der Waals surface area (Å²) in [4.78, 5) is 35.9. The third kappa shape index (κ3) is 6.34. The maximum absolute atomic E-state index is 13.5. The number of rotatable bonds is 5. The molecule has 0 bridgehead atoms. The molecule has 0 aliphatic carbocycles. The van der Waals surface area contributed by atoms with Gasteiger partial charge in [0.05, 0.1) is 12.2 Å². The van der Waals surface area contributed by atoms with Crippen LogP contribution in [0.2, 0.25) is 0 Å². The van der Waals surface area contributed by atoms with Crippen LogP contribution in [0.1, 0.15) is 6.92 Å². The highest BCUT2D eigenvalue weighted by Gasteiger charge is 2.57. The number of carbonyl (C=O) groups is 3. The summed E-state index contributed by atoms with van der Waals surface area (Å²) < 4.78 is 125. The largest absolute Gasteiger partial charge is 0.476 e. The lowest BCUT2D eigenvalue weighted by atomic mass is 10.1. The lowest BCUT2D eigenvalue weighted by Gasteiger charge is -2.27. The van der Waals surface area contributed by atoms with E-state index in [-0.39, 0.29) is 0 Å². The number of nitrogens with one attached hydrogen (secondary N) is 3. The Morgan fingerprint density at radius 1 is 1.15 bits per heavy atom. The van der Waals surface area contributed by atoms with Crippen molar-refractivity contribution in [3.8, 4) is 5.75 Å². The van der Waals surface area contributed by atoms with E-state index < -0.39 is 78.2 Å². The van der Waals surface area contributed by atoms with Gasteiger partial charge >= 0.3 is 24.4 Å². The molecule has 0 saturated heterocycles. The predicted octanol–water partition coefficient (Wildman–Crippen LogP) is 2.88. The first kappa shape index (κ1) is 26.8. The summed E-state index contributed by atoms with van der Waals surface area (Å²) in [6.07, 6.45) is -18.2. The second kappa shape index (κ2) is 9.46. The zero-order valence-corrected chi connectivity index (χ0v) is 16.6. The van der Waals surface area contributed by atoms with E-state index in [9.17, 15) is 53.9 Å². The highest BCUT2D eigenvalue weighted by Crippen LogP contribution is 2.36. The monoisotopic (exact) mass is 511 g/mol. The Morgan fingerprint density at radius 3 is 2.32 bits per heavy atom. The van der Waals surface area contributed by atoms with Gasteiger partial charge in [-0.2, -0.15) is 35.1 Å². The molecule has 0 saturated carbocycles. The zero-order chi connectivity index (χ0) is 26.1. The molecule has 8 nitrogen and oxygen atoms in total. The van der Waals surface area contributed by atoms with Crippen LogP contribution in [0.15, 0.2) is 18.2 Å². The maximum atomic E-state index is 13.5. The van der Waals surface area contributed by atoms with Crippen LogP contribution in [0.25, 0.3) is 0 Å². The first-order valence-corrected chi connectivity index (χ1v) is 8.95. The van der Waals surface area contributed by atoms with E-state index >= 15 is 0 Å². The van der Waals surface area contributed by atoms with Gasteiger partial charge < -0.3 is 25.4 Å². The third-order valence-electron chi connectivity index (χ3n) is 4.18. The lowest BCUT2D eigenvalue weighted by molar-refractivity contribution is -0.278. The fourth-order valence-electron chi connectivity index (χ4n) is 2.46. The van der Waals surface area contributed by atoms with Crippen LogP contribution >= 0.6 is 0 Å². The van der Waals surface area contributed by atoms with Crippen molar-refractivity contribution < 1.29 is 63.4 Å². The zero-order valence-electron chi connectivity index (χ0n) is 16.6. The molecule has 3 amide bonds. The van der Waals surface area contributed by atoms with E-state index in [0.29, 0.717) is 6.07 Å². The summed E-state index contributed by atoms with van der Waals surface area (Å²) in [5, 5.41) is 4.57. The van der Waals surface area contributed by atoms with Crippen molar-refractivity contribution >= 4 is 23.6 Å². The summed E-state index contributed by atoms with van der Waals surface area (Å²) in [7, 11) is 0. The van der Waals surface area contributed by atoms with Crippen molar-refractivity contribution in [1.29, 1.82) is 0 Å². The molecule has 0 fully saturated rings. The normalized spacial score (nSPS) is 19.6. The summed E-state index contributed by atoms with van der Waals surface area (Å²) in [6, 6.07) is -0.307. The van der Waals surface area contributed by atoms with Gasteiger partial charge in [0.15, 0.2) is 12.1 Å². The van der Waals surface area contributed by atoms with Crippen LogP contribution in [-0.2, 0) is 14.3 Å². The summed E-state index contributed by atoms with van der Waals surface area (Å²) in [6.45, 7) is -1.51.